The molecule has 0 bridgehead atoms. The number of piperazine rings is 1. The molecule has 23 heavy (non-hydrogen) atoms. The van der Waals surface area contributed by atoms with Crippen LogP contribution in [-0.4, -0.2) is 42.6 Å². The Morgan fingerprint density at radius 2 is 2.09 bits per heavy atom. The van der Waals surface area contributed by atoms with Crippen molar-refractivity contribution >= 4 is 27.2 Å². The first-order chi connectivity index (χ1) is 11.4. The van der Waals surface area contributed by atoms with Crippen LogP contribution in [0.4, 0.5) is 5.82 Å². The van der Waals surface area contributed by atoms with Gasteiger partial charge in [-0.3, -0.25) is 4.90 Å². The van der Waals surface area contributed by atoms with E-state index in [0.717, 1.165) is 19.0 Å². The van der Waals surface area contributed by atoms with Crippen molar-refractivity contribution in [2.24, 2.45) is 5.92 Å². The Balaban J connectivity index is 1.33. The lowest BCUT2D eigenvalue weighted by molar-refractivity contribution is 0.241. The third kappa shape index (κ3) is 3.43. The summed E-state index contributed by atoms with van der Waals surface area (Å²) >= 11 is 1.81. The summed E-state index contributed by atoms with van der Waals surface area (Å²) in [7, 11) is 0. The van der Waals surface area contributed by atoms with Crippen molar-refractivity contribution in [3.8, 4) is 0 Å². The fourth-order valence-electron chi connectivity index (χ4n) is 3.79. The summed E-state index contributed by atoms with van der Waals surface area (Å²) in [6.45, 7) is 5.78. The van der Waals surface area contributed by atoms with Crippen LogP contribution in [0.25, 0.3) is 10.1 Å². The van der Waals surface area contributed by atoms with Crippen LogP contribution in [0.5, 0.6) is 0 Å². The van der Waals surface area contributed by atoms with Gasteiger partial charge in [0.25, 0.3) is 0 Å². The summed E-state index contributed by atoms with van der Waals surface area (Å²) in [5.74, 6) is 2.00. The molecule has 122 valence electrons. The molecule has 0 saturated carbocycles. The maximum Gasteiger partial charge on any atom is 0.137 e. The summed E-state index contributed by atoms with van der Waals surface area (Å²) in [6.07, 6.45) is 12.2. The Hall–Kier alpha value is -1.39. The van der Waals surface area contributed by atoms with Crippen molar-refractivity contribution in [3.05, 3.63) is 35.9 Å². The van der Waals surface area contributed by atoms with Gasteiger partial charge in [0.05, 0.1) is 0 Å². The van der Waals surface area contributed by atoms with Crippen LogP contribution in [0.2, 0.25) is 0 Å². The lowest BCUT2D eigenvalue weighted by Crippen LogP contribution is -2.47. The zero-order valence-corrected chi connectivity index (χ0v) is 14.5. The third-order valence-electron chi connectivity index (χ3n) is 5.20. The average Bonchev–Trinajstić information content (AvgIpc) is 3.10. The number of pyridine rings is 1. The van der Waals surface area contributed by atoms with Gasteiger partial charge in [-0.05, 0) is 55.7 Å². The molecule has 0 aromatic carbocycles. The molecule has 1 fully saturated rings. The molecule has 1 aliphatic heterocycles. The number of hydrogen-bond acceptors (Lipinski definition) is 4. The van der Waals surface area contributed by atoms with Crippen LogP contribution in [-0.2, 0) is 0 Å². The molecule has 4 heteroatoms. The second kappa shape index (κ2) is 7.02. The molecule has 1 unspecified atom stereocenters. The van der Waals surface area contributed by atoms with Crippen molar-refractivity contribution in [2.75, 3.05) is 37.6 Å². The Kier molecular flexibility index (Phi) is 4.62. The quantitative estimate of drug-likeness (QED) is 0.786. The summed E-state index contributed by atoms with van der Waals surface area (Å²) in [5, 5.41) is 3.49. The maximum atomic E-state index is 4.65. The predicted octanol–water partition coefficient (Wildman–Crippen LogP) is 4.16. The molecule has 0 amide bonds. The minimum Gasteiger partial charge on any atom is -0.354 e. The largest absolute Gasteiger partial charge is 0.354 e. The summed E-state index contributed by atoms with van der Waals surface area (Å²) in [5.41, 5.74) is 0. The molecule has 0 N–H and O–H groups in total. The number of anilines is 1. The summed E-state index contributed by atoms with van der Waals surface area (Å²) < 4.78 is 1.35. The number of rotatable bonds is 4. The van der Waals surface area contributed by atoms with Gasteiger partial charge >= 0.3 is 0 Å². The van der Waals surface area contributed by atoms with Gasteiger partial charge in [-0.25, -0.2) is 4.98 Å². The first-order valence-electron chi connectivity index (χ1n) is 8.86. The lowest BCUT2D eigenvalue weighted by atomic mass is 9.93. The second-order valence-electron chi connectivity index (χ2n) is 6.70. The zero-order chi connectivity index (χ0) is 15.5. The van der Waals surface area contributed by atoms with Crippen LogP contribution in [0.1, 0.15) is 25.7 Å². The Bertz CT molecular complexity index is 670. The minimum atomic E-state index is 0.822. The molecule has 2 aromatic heterocycles. The van der Waals surface area contributed by atoms with Crippen LogP contribution >= 0.6 is 11.3 Å². The Morgan fingerprint density at radius 3 is 2.91 bits per heavy atom. The van der Waals surface area contributed by atoms with Gasteiger partial charge < -0.3 is 4.90 Å². The molecule has 0 radical (unpaired) electrons. The molecule has 0 spiro atoms. The standard InChI is InChI=1S/C19H25N3S/c1-2-4-16(5-3-1)7-10-21-11-13-22(14-12-21)19-17-8-15-23-18(17)6-9-20-19/h2,4,6,8-9,15-16H,1,3,5,7,10-14H2. The van der Waals surface area contributed by atoms with Crippen molar-refractivity contribution in [2.45, 2.75) is 25.7 Å². The molecular formula is C19H25N3S. The number of thiophene rings is 1. The fraction of sp³-hybridized carbons (Fsp3) is 0.526. The second-order valence-corrected chi connectivity index (χ2v) is 7.65. The van der Waals surface area contributed by atoms with Crippen molar-refractivity contribution < 1.29 is 0 Å². The van der Waals surface area contributed by atoms with Gasteiger partial charge in [-0.15, -0.1) is 11.3 Å². The van der Waals surface area contributed by atoms with Gasteiger partial charge in [0, 0.05) is 42.5 Å². The van der Waals surface area contributed by atoms with Gasteiger partial charge in [0.1, 0.15) is 5.82 Å². The normalized spacial score (nSPS) is 22.8. The maximum absolute atomic E-state index is 4.65. The molecule has 2 aromatic rings. The predicted molar refractivity (Wildman–Crippen MR) is 99.4 cm³/mol. The van der Waals surface area contributed by atoms with Gasteiger partial charge in [0.2, 0.25) is 0 Å². The topological polar surface area (TPSA) is 19.4 Å². The van der Waals surface area contributed by atoms with Crippen molar-refractivity contribution in [1.29, 1.82) is 0 Å². The van der Waals surface area contributed by atoms with E-state index in [-0.39, 0.29) is 0 Å². The highest BCUT2D eigenvalue weighted by atomic mass is 32.1. The van der Waals surface area contributed by atoms with Gasteiger partial charge in [0.15, 0.2) is 0 Å². The number of allylic oxidation sites excluding steroid dienone is 2. The monoisotopic (exact) mass is 327 g/mol. The van der Waals surface area contributed by atoms with Crippen LogP contribution < -0.4 is 4.90 Å². The van der Waals surface area contributed by atoms with Crippen LogP contribution in [0, 0.1) is 5.92 Å². The number of fused-ring (bicyclic) bond motifs is 1. The average molecular weight is 327 g/mol. The first-order valence-corrected chi connectivity index (χ1v) is 9.74. The number of hydrogen-bond donors (Lipinski definition) is 0. The number of aromatic nitrogens is 1. The highest BCUT2D eigenvalue weighted by Gasteiger charge is 2.20. The van der Waals surface area contributed by atoms with E-state index >= 15 is 0 Å². The van der Waals surface area contributed by atoms with E-state index in [1.54, 1.807) is 11.3 Å². The van der Waals surface area contributed by atoms with Crippen molar-refractivity contribution in [1.82, 2.24) is 9.88 Å². The zero-order valence-electron chi connectivity index (χ0n) is 13.7. The van der Waals surface area contributed by atoms with E-state index in [2.05, 4.69) is 44.4 Å². The highest BCUT2D eigenvalue weighted by molar-refractivity contribution is 7.17. The molecule has 4 rings (SSSR count). The smallest absolute Gasteiger partial charge is 0.137 e. The van der Waals surface area contributed by atoms with Crippen LogP contribution in [0.15, 0.2) is 35.9 Å². The van der Waals surface area contributed by atoms with Gasteiger partial charge in [-0.2, -0.15) is 0 Å². The lowest BCUT2D eigenvalue weighted by Gasteiger charge is -2.36. The molecule has 1 saturated heterocycles. The van der Waals surface area contributed by atoms with Crippen molar-refractivity contribution in [3.63, 3.8) is 0 Å². The molecular weight excluding hydrogens is 302 g/mol. The summed E-state index contributed by atoms with van der Waals surface area (Å²) in [6, 6.07) is 4.33. The third-order valence-corrected chi connectivity index (χ3v) is 6.08. The Morgan fingerprint density at radius 1 is 1.17 bits per heavy atom. The molecule has 1 atom stereocenters. The highest BCUT2D eigenvalue weighted by Crippen LogP contribution is 2.29. The number of nitrogens with zero attached hydrogens (tertiary/aromatic N) is 3. The Labute approximate surface area is 142 Å². The van der Waals surface area contributed by atoms with Gasteiger partial charge in [-0.1, -0.05) is 12.2 Å². The van der Waals surface area contributed by atoms with Crippen LogP contribution in [0.3, 0.4) is 0 Å². The van der Waals surface area contributed by atoms with E-state index < -0.39 is 0 Å². The van der Waals surface area contributed by atoms with E-state index in [1.165, 1.54) is 61.2 Å². The minimum absolute atomic E-state index is 0.822. The first kappa shape index (κ1) is 15.2. The SMILES string of the molecule is C1=CC(CCN2CCN(c3nccc4sccc34)CC2)CCC1. The molecule has 3 heterocycles. The molecule has 2 aliphatic rings. The molecule has 1 aliphatic carbocycles. The summed E-state index contributed by atoms with van der Waals surface area (Å²) in [4.78, 5) is 9.75. The fourth-order valence-corrected chi connectivity index (χ4v) is 4.56. The molecule has 3 nitrogen and oxygen atoms in total. The van der Waals surface area contributed by atoms with E-state index in [0.29, 0.717) is 0 Å². The van der Waals surface area contributed by atoms with E-state index in [9.17, 15) is 0 Å². The van der Waals surface area contributed by atoms with E-state index in [1.807, 2.05) is 6.20 Å². The van der Waals surface area contributed by atoms with E-state index in [4.69, 9.17) is 0 Å².